The van der Waals surface area contributed by atoms with E-state index in [1.807, 2.05) is 48.5 Å². The van der Waals surface area contributed by atoms with Gasteiger partial charge in [0.2, 0.25) is 11.8 Å². The number of hydrogen-bond acceptors (Lipinski definition) is 6. The third kappa shape index (κ3) is 3.16. The Balaban J connectivity index is 1.42. The third-order valence-corrected chi connectivity index (χ3v) is 8.39. The average Bonchev–Trinajstić information content (AvgIpc) is 3.28. The molecule has 4 aliphatic rings. The molecule has 0 radical (unpaired) electrons. The van der Waals surface area contributed by atoms with Crippen LogP contribution >= 0.6 is 0 Å². The Morgan fingerprint density at radius 1 is 0.900 bits per heavy atom. The van der Waals surface area contributed by atoms with Crippen LogP contribution in [0.15, 0.2) is 102 Å². The summed E-state index contributed by atoms with van der Waals surface area (Å²) in [5, 5.41) is 4.44. The van der Waals surface area contributed by atoms with Crippen molar-refractivity contribution in [2.45, 2.75) is 11.3 Å². The second kappa shape index (κ2) is 8.98. The van der Waals surface area contributed by atoms with Crippen LogP contribution in [-0.4, -0.2) is 36.0 Å². The molecule has 0 spiro atoms. The molecule has 40 heavy (non-hydrogen) atoms. The fraction of sp³-hybridized carbons (Fsp3) is 0.156. The Hall–Kier alpha value is -5.11. The highest BCUT2D eigenvalue weighted by molar-refractivity contribution is 6.25. The summed E-state index contributed by atoms with van der Waals surface area (Å²) in [4.78, 5) is 46.8. The van der Waals surface area contributed by atoms with Crippen molar-refractivity contribution >= 4 is 29.6 Å². The Bertz CT molecular complexity index is 1670. The zero-order valence-corrected chi connectivity index (χ0v) is 21.5. The summed E-state index contributed by atoms with van der Waals surface area (Å²) in [6.07, 6.45) is 4.71. The van der Waals surface area contributed by atoms with Crippen LogP contribution in [0.1, 0.15) is 38.5 Å². The topological polar surface area (TPSA) is 101 Å². The molecular weight excluding hydrogens is 504 g/mol. The first-order chi connectivity index (χ1) is 19.6. The molecule has 196 valence electrons. The molecule has 2 bridgehead atoms. The summed E-state index contributed by atoms with van der Waals surface area (Å²) < 4.78 is 5.53. The standard InChI is InChI=1S/C32H24N4O4/c1-40-25-13-7-6-12-24(25)36-30(38)27-26-20-8-2-4-10-22(20)32(28(27)31(36)39,23-11-5-3-9-21(23)26)18-34-35-29(37)19-14-16-33-17-15-19/h2-18,26-28H,1H3,(H,35,37)/b34-18-/t26?,27-,28+,32?/m1/s1. The number of rotatable bonds is 5. The molecule has 1 aromatic heterocycles. The predicted octanol–water partition coefficient (Wildman–Crippen LogP) is 4.06. The molecule has 1 aliphatic heterocycles. The van der Waals surface area contributed by atoms with Gasteiger partial charge in [-0.2, -0.15) is 5.10 Å². The molecule has 2 atom stereocenters. The van der Waals surface area contributed by atoms with Gasteiger partial charge in [-0.25, -0.2) is 10.3 Å². The third-order valence-electron chi connectivity index (χ3n) is 8.39. The number of carbonyl (C=O) groups excluding carboxylic acids is 3. The van der Waals surface area contributed by atoms with Gasteiger partial charge in [-0.05, 0) is 46.5 Å². The fourth-order valence-electron chi connectivity index (χ4n) is 6.86. The van der Waals surface area contributed by atoms with Gasteiger partial charge >= 0.3 is 0 Å². The highest BCUT2D eigenvalue weighted by atomic mass is 16.5. The highest BCUT2D eigenvalue weighted by Crippen LogP contribution is 2.63. The minimum Gasteiger partial charge on any atom is -0.495 e. The van der Waals surface area contributed by atoms with Gasteiger partial charge in [0.15, 0.2) is 0 Å². The predicted molar refractivity (Wildman–Crippen MR) is 148 cm³/mol. The molecule has 0 unspecified atom stereocenters. The van der Waals surface area contributed by atoms with E-state index in [4.69, 9.17) is 4.74 Å². The lowest BCUT2D eigenvalue weighted by Gasteiger charge is -2.52. The summed E-state index contributed by atoms with van der Waals surface area (Å²) in [6.45, 7) is 0. The van der Waals surface area contributed by atoms with Gasteiger partial charge in [0.05, 0.1) is 30.0 Å². The first kappa shape index (κ1) is 24.0. The van der Waals surface area contributed by atoms with E-state index in [9.17, 15) is 14.4 Å². The number of nitrogens with one attached hydrogen (secondary N) is 1. The summed E-state index contributed by atoms with van der Waals surface area (Å²) in [5.41, 5.74) is 6.15. The number of hydrogen-bond donors (Lipinski definition) is 1. The molecule has 8 nitrogen and oxygen atoms in total. The molecule has 4 aromatic rings. The number of ether oxygens (including phenoxy) is 1. The summed E-state index contributed by atoms with van der Waals surface area (Å²) in [7, 11) is 1.52. The van der Waals surface area contributed by atoms with Crippen LogP contribution in [0.25, 0.3) is 0 Å². The molecule has 8 rings (SSSR count). The van der Waals surface area contributed by atoms with E-state index in [1.54, 1.807) is 42.6 Å². The number of amides is 3. The Labute approximate surface area is 230 Å². The smallest absolute Gasteiger partial charge is 0.271 e. The summed E-state index contributed by atoms with van der Waals surface area (Å²) >= 11 is 0. The lowest BCUT2D eigenvalue weighted by atomic mass is 9.47. The molecule has 1 fully saturated rings. The van der Waals surface area contributed by atoms with E-state index in [-0.39, 0.29) is 17.7 Å². The van der Waals surface area contributed by atoms with Gasteiger partial charge in [-0.15, -0.1) is 0 Å². The number of nitrogens with zero attached hydrogens (tertiary/aromatic N) is 3. The monoisotopic (exact) mass is 528 g/mol. The lowest BCUT2D eigenvalue weighted by Crippen LogP contribution is -2.54. The minimum absolute atomic E-state index is 0.271. The van der Waals surface area contributed by atoms with E-state index < -0.39 is 23.2 Å². The van der Waals surface area contributed by atoms with Gasteiger partial charge in [0.25, 0.3) is 5.91 Å². The maximum absolute atomic E-state index is 14.4. The zero-order valence-electron chi connectivity index (χ0n) is 21.5. The van der Waals surface area contributed by atoms with Crippen LogP contribution in [0.4, 0.5) is 5.69 Å². The van der Waals surface area contributed by atoms with Gasteiger partial charge in [-0.1, -0.05) is 60.7 Å². The number of pyridine rings is 1. The number of anilines is 1. The molecule has 1 saturated heterocycles. The number of hydrazone groups is 1. The van der Waals surface area contributed by atoms with Crippen LogP contribution in [0, 0.1) is 11.8 Å². The number of benzene rings is 3. The van der Waals surface area contributed by atoms with Crippen LogP contribution in [0.2, 0.25) is 0 Å². The SMILES string of the molecule is COc1ccccc1N1C(=O)[C@@H]2C3c4ccccc4C(/C=N\NC(=O)c4ccncc4)(c4ccccc43)[C@@H]2C1=O. The van der Waals surface area contributed by atoms with E-state index in [1.165, 1.54) is 24.4 Å². The second-order valence-electron chi connectivity index (χ2n) is 10.1. The van der Waals surface area contributed by atoms with Crippen LogP contribution in [-0.2, 0) is 15.0 Å². The van der Waals surface area contributed by atoms with Crippen molar-refractivity contribution in [3.05, 3.63) is 125 Å². The van der Waals surface area contributed by atoms with Gasteiger partial charge in [0, 0.05) is 30.1 Å². The van der Waals surface area contributed by atoms with Crippen LogP contribution in [0.5, 0.6) is 5.75 Å². The van der Waals surface area contributed by atoms with E-state index >= 15 is 0 Å². The van der Waals surface area contributed by atoms with E-state index in [0.717, 1.165) is 22.3 Å². The van der Waals surface area contributed by atoms with Crippen LogP contribution in [0.3, 0.4) is 0 Å². The Kier molecular flexibility index (Phi) is 5.38. The van der Waals surface area contributed by atoms with E-state index in [2.05, 4.69) is 15.5 Å². The Morgan fingerprint density at radius 2 is 1.52 bits per heavy atom. The molecule has 8 heteroatoms. The van der Waals surface area contributed by atoms with Crippen LogP contribution < -0.4 is 15.1 Å². The molecule has 2 heterocycles. The zero-order chi connectivity index (χ0) is 27.4. The molecule has 1 N–H and O–H groups in total. The van der Waals surface area contributed by atoms with Crippen molar-refractivity contribution in [2.24, 2.45) is 16.9 Å². The van der Waals surface area contributed by atoms with Gasteiger partial charge in [0.1, 0.15) is 5.75 Å². The van der Waals surface area contributed by atoms with Gasteiger partial charge in [-0.3, -0.25) is 19.4 Å². The lowest BCUT2D eigenvalue weighted by molar-refractivity contribution is -0.122. The molecule has 3 amide bonds. The van der Waals surface area contributed by atoms with Crippen molar-refractivity contribution < 1.29 is 19.1 Å². The second-order valence-corrected chi connectivity index (χ2v) is 10.1. The molecule has 3 aliphatic carbocycles. The van der Waals surface area contributed by atoms with Crippen molar-refractivity contribution in [2.75, 3.05) is 12.0 Å². The number of carbonyl (C=O) groups is 3. The number of imide groups is 1. The quantitative estimate of drug-likeness (QED) is 0.239. The first-order valence-corrected chi connectivity index (χ1v) is 13.0. The van der Waals surface area contributed by atoms with Crippen molar-refractivity contribution in [3.8, 4) is 5.75 Å². The number of para-hydroxylation sites is 2. The summed E-state index contributed by atoms with van der Waals surface area (Å²) in [5.74, 6) is -2.26. The molecule has 0 saturated carbocycles. The normalized spacial score (nSPS) is 24.0. The maximum Gasteiger partial charge on any atom is 0.271 e. The highest BCUT2D eigenvalue weighted by Gasteiger charge is 2.68. The van der Waals surface area contributed by atoms with Crippen molar-refractivity contribution in [3.63, 3.8) is 0 Å². The summed E-state index contributed by atoms with van der Waals surface area (Å²) in [6, 6.07) is 26.0. The first-order valence-electron chi connectivity index (χ1n) is 13.0. The van der Waals surface area contributed by atoms with E-state index in [0.29, 0.717) is 17.0 Å². The molecular formula is C32H24N4O4. The number of aromatic nitrogens is 1. The van der Waals surface area contributed by atoms with Gasteiger partial charge < -0.3 is 4.74 Å². The largest absolute Gasteiger partial charge is 0.495 e. The minimum atomic E-state index is -1.08. The maximum atomic E-state index is 14.4. The van der Waals surface area contributed by atoms with Crippen molar-refractivity contribution in [1.82, 2.24) is 10.4 Å². The Morgan fingerprint density at radius 3 is 2.20 bits per heavy atom. The number of methoxy groups -OCH3 is 1. The van der Waals surface area contributed by atoms with Crippen molar-refractivity contribution in [1.29, 1.82) is 0 Å². The fourth-order valence-corrected chi connectivity index (χ4v) is 6.86. The molecule has 3 aromatic carbocycles. The average molecular weight is 529 g/mol.